The van der Waals surface area contributed by atoms with Crippen LogP contribution in [0, 0.1) is 11.8 Å². The van der Waals surface area contributed by atoms with E-state index in [2.05, 4.69) is 120 Å². The number of rotatable bonds is 26. The number of ether oxygens (including phenoxy) is 6. The number of fused-ring (bicyclic) bond motifs is 5. The fraction of sp³-hybridized carbons (Fsp3) is 0.248. The van der Waals surface area contributed by atoms with Gasteiger partial charge in [0.25, 0.3) is 0 Å². The largest absolute Gasteiger partial charge is 0.507 e. The molecular weight excluding hydrogens is 1770 g/mol. The van der Waals surface area contributed by atoms with Crippen LogP contribution >= 0.6 is 47.0 Å². The first-order valence-corrected chi connectivity index (χ1v) is 47.8. The SMILES string of the molecule is C.C.CCC1CS/C(=C2/SC=C(CO)S2)S1.NC1=CC=C2C=CC3=C4C(=CC=C1C24)CC=C3N.NC1=CCC2=CC=C3C=CC=C4C=CC1=C2C43.Nc1cccc2c(N)cccc12.Nc1cccc2c(O)cccc12.OCCOCCNc1cccc2c(NCCOCCO)cccc12.OCCOCCOc1cccc2c(OCCOCCO)cccc12.Oc1cccc2c(O)cccc12. The molecule has 0 amide bonds. The molecule has 3 unspecified atom stereocenters. The third-order valence-electron chi connectivity index (χ3n) is 22.6. The van der Waals surface area contributed by atoms with Gasteiger partial charge in [0.15, 0.2) is 0 Å². The van der Waals surface area contributed by atoms with Crippen molar-refractivity contribution in [1.82, 2.24) is 0 Å². The first-order valence-electron chi connectivity index (χ1n) is 44.3. The first kappa shape index (κ1) is 103. The monoisotopic (exact) mass is 1900 g/mol. The highest BCUT2D eigenvalue weighted by atomic mass is 32.2. The number of nitrogen functional groups attached to an aromatic ring is 3. The van der Waals surface area contributed by atoms with Crippen LogP contribution in [0.4, 0.5) is 28.4 Å². The topological polar surface area (TPSA) is 397 Å². The number of hydrogen-bond acceptors (Lipinski definition) is 26. The third-order valence-corrected chi connectivity index (χ3v) is 28.7. The first-order chi connectivity index (χ1) is 65.0. The van der Waals surface area contributed by atoms with E-state index < -0.39 is 0 Å². The molecule has 10 aromatic rings. The van der Waals surface area contributed by atoms with E-state index in [4.69, 9.17) is 88.4 Å². The summed E-state index contributed by atoms with van der Waals surface area (Å²) in [6, 6.07) is 56.4. The van der Waals surface area contributed by atoms with Crippen LogP contribution in [0.2, 0.25) is 0 Å². The van der Waals surface area contributed by atoms with E-state index in [9.17, 15) is 15.3 Å². The molecule has 10 aliphatic rings. The van der Waals surface area contributed by atoms with Crippen LogP contribution in [0.5, 0.6) is 28.7 Å². The van der Waals surface area contributed by atoms with Crippen molar-refractivity contribution in [2.24, 2.45) is 29.0 Å². The highest BCUT2D eigenvalue weighted by molar-refractivity contribution is 8.32. The molecule has 8 aliphatic carbocycles. The fourth-order valence-corrected chi connectivity index (χ4v) is 21.7. The summed E-state index contributed by atoms with van der Waals surface area (Å²) < 4.78 is 35.3. The second kappa shape index (κ2) is 52.6. The normalized spacial score (nSPS) is 17.2. The number of phenols is 3. The minimum Gasteiger partial charge on any atom is -0.507 e. The summed E-state index contributed by atoms with van der Waals surface area (Å²) >= 11 is 7.47. The van der Waals surface area contributed by atoms with Gasteiger partial charge in [0, 0.05) is 151 Å². The standard InChI is InChI=1S/C18H26N2O4.C18H24O6.C16H14N2.C16H13N.C10H10N2.C10H9NO.C10H8O2.C9H12OS4.2CH4/c21-9-13-23-11-7-19-17-5-1-3-15-16(17)4-2-6-18(15)20-8-12-24-14-10-22;19-7-9-21-11-13-23-17-5-1-3-15-16(17)4-2-6-18(15)24-14-12-22-10-8-20;17-13-8-4-10-2-6-12-14(18)7-3-9-1-5-11(13)16(10)15(9)12;17-14-9-7-12-5-4-10-2-1-3-11-6-8-13(14)16(12)15(10)11;11-9-5-1-3-7-8(9)4-2-6-10(7)12;11-9-5-1-4-8-7(9)3-2-6-10(8)12;11-9-5-1-3-7-8(9)4-2-6-10(7)12;1-2-6-4-11-8(13-6)9-12-5-7(3-10)14-9;;/h1-6,19-22H,7-14H2;1-6,19-20H,7-14H2;1-3,5-8,15H,4,17-18H2;1-6,8-9,15H,7,17H2;1-6H,11-12H2;1-6,12H,11H2;1-6,11-12H;5-6,10H,2-4H2,1H3;2*1H4/b;;;;;;;9-8+;;. The summed E-state index contributed by atoms with van der Waals surface area (Å²) in [6.07, 6.45) is 35.5. The lowest BCUT2D eigenvalue weighted by molar-refractivity contribution is 0.0705. The van der Waals surface area contributed by atoms with Crippen molar-refractivity contribution in [3.05, 3.63) is 365 Å². The van der Waals surface area contributed by atoms with E-state index in [0.717, 1.165) is 117 Å². The molecule has 0 aromatic heterocycles. The van der Waals surface area contributed by atoms with Crippen LogP contribution in [0.15, 0.2) is 365 Å². The van der Waals surface area contributed by atoms with Gasteiger partial charge in [-0.1, -0.05) is 252 Å². The van der Waals surface area contributed by atoms with E-state index in [1.807, 2.05) is 151 Å². The number of benzene rings is 10. The Hall–Kier alpha value is -12.2. The van der Waals surface area contributed by atoms with Crippen molar-refractivity contribution < 1.29 is 69.3 Å². The number of hydrogen-bond donors (Lipinski definition) is 16. The molecule has 708 valence electrons. The average molecular weight is 1900 g/mol. The molecule has 0 radical (unpaired) electrons. The lowest BCUT2D eigenvalue weighted by Crippen LogP contribution is -2.26. The van der Waals surface area contributed by atoms with Gasteiger partial charge in [-0.3, -0.25) is 0 Å². The van der Waals surface area contributed by atoms with Crippen LogP contribution in [-0.4, -0.2) is 164 Å². The van der Waals surface area contributed by atoms with E-state index in [-0.39, 0.29) is 65.1 Å². The zero-order chi connectivity index (χ0) is 93.4. The number of nitrogens with two attached hydrogens (primary N) is 6. The zero-order valence-electron chi connectivity index (χ0n) is 74.3. The average Bonchev–Trinajstić information content (AvgIpc) is 1.38. The molecule has 22 nitrogen and oxygen atoms in total. The van der Waals surface area contributed by atoms with Crippen LogP contribution < -0.4 is 54.5 Å². The lowest BCUT2D eigenvalue weighted by atomic mass is 9.68. The Kier molecular flexibility index (Phi) is 40.2. The number of anilines is 5. The Labute approximate surface area is 807 Å². The zero-order valence-corrected chi connectivity index (χ0v) is 77.5. The molecular formula is C109H124N8O14S4. The molecule has 10 aromatic carbocycles. The van der Waals surface area contributed by atoms with Crippen LogP contribution in [-0.2, 0) is 18.9 Å². The van der Waals surface area contributed by atoms with E-state index in [1.165, 1.54) is 76.4 Å². The summed E-state index contributed by atoms with van der Waals surface area (Å²) in [4.78, 5) is 1.08. The molecule has 26 heteroatoms. The molecule has 20 rings (SSSR count). The number of allylic oxidation sites excluding steroid dienone is 23. The van der Waals surface area contributed by atoms with Crippen molar-refractivity contribution in [3.8, 4) is 28.7 Å². The fourth-order valence-electron chi connectivity index (χ4n) is 16.2. The van der Waals surface area contributed by atoms with Crippen molar-refractivity contribution >= 4 is 129 Å². The number of aliphatic hydroxyl groups excluding tert-OH is 5. The third kappa shape index (κ3) is 26.9. The molecule has 0 saturated carbocycles. The number of thioether (sulfide) groups is 4. The van der Waals surface area contributed by atoms with Crippen molar-refractivity contribution in [3.63, 3.8) is 0 Å². The van der Waals surface area contributed by atoms with Gasteiger partial charge in [-0.05, 0) is 136 Å². The molecule has 2 heterocycles. The van der Waals surface area contributed by atoms with Crippen molar-refractivity contribution in [2.75, 3.05) is 146 Å². The van der Waals surface area contributed by atoms with Gasteiger partial charge in [-0.15, -0.1) is 23.5 Å². The molecule has 2 aliphatic heterocycles. The highest BCUT2D eigenvalue weighted by Crippen LogP contribution is 2.55. The van der Waals surface area contributed by atoms with Crippen LogP contribution in [0.3, 0.4) is 0 Å². The van der Waals surface area contributed by atoms with Gasteiger partial charge < -0.3 is 114 Å². The molecule has 0 spiro atoms. The molecule has 135 heavy (non-hydrogen) atoms. The van der Waals surface area contributed by atoms with Gasteiger partial charge in [0.2, 0.25) is 0 Å². The van der Waals surface area contributed by atoms with Gasteiger partial charge in [-0.2, -0.15) is 0 Å². The minimum atomic E-state index is 0. The predicted octanol–water partition coefficient (Wildman–Crippen LogP) is 20.1. The number of aliphatic hydroxyl groups is 5. The summed E-state index contributed by atoms with van der Waals surface area (Å²) in [5.41, 5.74) is 55.9. The second-order valence-corrected chi connectivity index (χ2v) is 36.1. The summed E-state index contributed by atoms with van der Waals surface area (Å²) in [6.45, 7) is 8.07. The highest BCUT2D eigenvalue weighted by Gasteiger charge is 2.37. The van der Waals surface area contributed by atoms with Crippen molar-refractivity contribution in [2.45, 2.75) is 46.3 Å². The van der Waals surface area contributed by atoms with Gasteiger partial charge in [0.1, 0.15) is 42.0 Å². The maximum absolute atomic E-state index is 9.44. The van der Waals surface area contributed by atoms with E-state index in [0.29, 0.717) is 107 Å². The maximum atomic E-state index is 9.44. The van der Waals surface area contributed by atoms with Gasteiger partial charge >= 0.3 is 0 Å². The minimum absolute atomic E-state index is 0. The van der Waals surface area contributed by atoms with Crippen LogP contribution in [0.1, 0.15) is 41.0 Å². The molecule has 1 fully saturated rings. The summed E-state index contributed by atoms with van der Waals surface area (Å²) in [5, 5.41) is 90.9. The Morgan fingerprint density at radius 1 is 0.385 bits per heavy atom. The smallest absolute Gasteiger partial charge is 0.127 e. The van der Waals surface area contributed by atoms with Gasteiger partial charge in [-0.25, -0.2) is 0 Å². The summed E-state index contributed by atoms with van der Waals surface area (Å²) in [5.74, 6) is 4.17. The molecule has 0 bridgehead atoms. The molecule has 1 saturated heterocycles. The van der Waals surface area contributed by atoms with Crippen molar-refractivity contribution in [1.29, 1.82) is 0 Å². The second-order valence-electron chi connectivity index (χ2n) is 31.3. The Morgan fingerprint density at radius 3 is 1.26 bits per heavy atom. The Bertz CT molecular complexity index is 5800. The lowest BCUT2D eigenvalue weighted by Gasteiger charge is -2.37. The maximum Gasteiger partial charge on any atom is 0.127 e. The van der Waals surface area contributed by atoms with E-state index >= 15 is 0 Å². The molecule has 22 N–H and O–H groups in total. The number of phenolic OH excluding ortho intramolecular Hbond substituents is 3. The predicted molar refractivity (Wildman–Crippen MR) is 566 cm³/mol. The number of nitrogens with one attached hydrogen (secondary N) is 2. The quantitative estimate of drug-likeness (QED) is 0.0177. The van der Waals surface area contributed by atoms with E-state index in [1.54, 1.807) is 72.1 Å². The molecule has 3 atom stereocenters. The number of aromatic hydroxyl groups is 3. The summed E-state index contributed by atoms with van der Waals surface area (Å²) in [7, 11) is 0. The van der Waals surface area contributed by atoms with Crippen LogP contribution in [0.25, 0.3) is 53.9 Å². The Morgan fingerprint density at radius 2 is 0.793 bits per heavy atom. The van der Waals surface area contributed by atoms with Gasteiger partial charge in [0.05, 0.1) is 94.4 Å². The Balaban J connectivity index is 0.000000150.